The summed E-state index contributed by atoms with van der Waals surface area (Å²) in [6.07, 6.45) is 0. The van der Waals surface area contributed by atoms with Crippen molar-refractivity contribution in [3.8, 4) is 0 Å². The topological polar surface area (TPSA) is 26.3 Å². The molecule has 0 aliphatic heterocycles. The Morgan fingerprint density at radius 1 is 2.00 bits per heavy atom. The smallest absolute Gasteiger partial charge is 0.302 e. The zero-order chi connectivity index (χ0) is 5.70. The van der Waals surface area contributed by atoms with Gasteiger partial charge in [-0.1, -0.05) is 0 Å². The fraction of sp³-hybridized carbons (Fsp3) is 0.500. The summed E-state index contributed by atoms with van der Waals surface area (Å²) in [5.41, 5.74) is 0. The van der Waals surface area contributed by atoms with Gasteiger partial charge in [0.1, 0.15) is 6.61 Å². The highest BCUT2D eigenvalue weighted by molar-refractivity contribution is 5.65. The number of carbonyl (C=O) groups excluding carboxylic acids is 1. The molecule has 0 spiro atoms. The van der Waals surface area contributed by atoms with Gasteiger partial charge in [0, 0.05) is 6.92 Å². The van der Waals surface area contributed by atoms with E-state index in [1.807, 2.05) is 0 Å². The Morgan fingerprint density at radius 3 is 2.71 bits per heavy atom. The molecule has 0 rings (SSSR count). The van der Waals surface area contributed by atoms with Crippen molar-refractivity contribution in [2.24, 2.45) is 0 Å². The van der Waals surface area contributed by atoms with Gasteiger partial charge in [0.2, 0.25) is 0 Å². The van der Waals surface area contributed by atoms with Crippen molar-refractivity contribution in [3.05, 3.63) is 6.67 Å². The number of esters is 1. The summed E-state index contributed by atoms with van der Waals surface area (Å²) in [7, 11) is 0. The van der Waals surface area contributed by atoms with E-state index in [0.717, 1.165) is 0 Å². The minimum Gasteiger partial charge on any atom is -0.463 e. The minimum absolute atomic E-state index is 0.241. The molecule has 0 aromatic heterocycles. The maximum absolute atomic E-state index is 11.0. The number of hydrogen-bond donors (Lipinski definition) is 0. The van der Waals surface area contributed by atoms with E-state index in [0.29, 0.717) is 0 Å². The summed E-state index contributed by atoms with van der Waals surface area (Å²) in [5, 5.41) is 0. The monoisotopic (exact) mass is 105 g/mol. The molecule has 3 heteroatoms. The molecule has 0 fully saturated rings. The van der Waals surface area contributed by atoms with Gasteiger partial charge in [-0.3, -0.25) is 4.79 Å². The summed E-state index contributed by atoms with van der Waals surface area (Å²) < 4.78 is 15.1. The van der Waals surface area contributed by atoms with Crippen LogP contribution in [-0.2, 0) is 9.53 Å². The second kappa shape index (κ2) is 3.59. The van der Waals surface area contributed by atoms with Crippen LogP contribution in [0.3, 0.4) is 0 Å². The molecule has 0 saturated heterocycles. The van der Waals surface area contributed by atoms with E-state index in [9.17, 15) is 9.18 Å². The molecule has 0 aliphatic rings. The molecule has 0 aromatic carbocycles. The highest BCUT2D eigenvalue weighted by atomic mass is 19.1. The van der Waals surface area contributed by atoms with Gasteiger partial charge >= 0.3 is 5.97 Å². The van der Waals surface area contributed by atoms with Crippen molar-refractivity contribution in [1.29, 1.82) is 0 Å². The fourth-order valence-corrected chi connectivity index (χ4v) is 0.149. The first-order valence-electron chi connectivity index (χ1n) is 1.82. The Morgan fingerprint density at radius 2 is 2.57 bits per heavy atom. The van der Waals surface area contributed by atoms with Gasteiger partial charge in [0.15, 0.2) is 6.67 Å². The standard InChI is InChI=1S/C4H6FO2/c1-4(6)7-3-2-5/h2H,3H2,1H3. The zero-order valence-corrected chi connectivity index (χ0v) is 3.98. The van der Waals surface area contributed by atoms with Crippen LogP contribution in [0.2, 0.25) is 0 Å². The van der Waals surface area contributed by atoms with Crippen LogP contribution in [-0.4, -0.2) is 12.6 Å². The molecule has 1 radical (unpaired) electrons. The predicted molar refractivity (Wildman–Crippen MR) is 22.0 cm³/mol. The molecule has 7 heavy (non-hydrogen) atoms. The van der Waals surface area contributed by atoms with Gasteiger partial charge in [0.25, 0.3) is 0 Å². The number of ether oxygens (including phenoxy) is 1. The Hall–Kier alpha value is -0.600. The van der Waals surface area contributed by atoms with E-state index in [1.54, 1.807) is 0 Å². The van der Waals surface area contributed by atoms with E-state index >= 15 is 0 Å². The van der Waals surface area contributed by atoms with Crippen LogP contribution in [0, 0.1) is 6.67 Å². The molecule has 0 saturated carbocycles. The molecule has 41 valence electrons. The lowest BCUT2D eigenvalue weighted by Crippen LogP contribution is -1.98. The molecular weight excluding hydrogens is 99.0 g/mol. The average molecular weight is 105 g/mol. The van der Waals surface area contributed by atoms with Crippen LogP contribution in [0.25, 0.3) is 0 Å². The molecule has 2 nitrogen and oxygen atoms in total. The maximum atomic E-state index is 11.0. The summed E-state index contributed by atoms with van der Waals surface area (Å²) >= 11 is 0. The van der Waals surface area contributed by atoms with Gasteiger partial charge in [-0.05, 0) is 0 Å². The van der Waals surface area contributed by atoms with Crippen LogP contribution in [0.15, 0.2) is 0 Å². The molecule has 0 atom stereocenters. The summed E-state index contributed by atoms with van der Waals surface area (Å²) in [5.74, 6) is -0.464. The molecule has 0 aliphatic carbocycles. The highest BCUT2D eigenvalue weighted by Crippen LogP contribution is 1.79. The van der Waals surface area contributed by atoms with Crippen LogP contribution in [0.5, 0.6) is 0 Å². The minimum atomic E-state index is -0.464. The SMILES string of the molecule is CC(=O)OC[CH]F. The Balaban J connectivity index is 2.82. The Kier molecular flexibility index (Phi) is 3.28. The normalized spacial score (nSPS) is 8.29. The van der Waals surface area contributed by atoms with Crippen LogP contribution in [0.4, 0.5) is 4.39 Å². The molecular formula is C4H6FO2. The van der Waals surface area contributed by atoms with Crippen molar-refractivity contribution in [3.63, 3.8) is 0 Å². The lowest BCUT2D eigenvalue weighted by molar-refractivity contribution is -0.140. The lowest BCUT2D eigenvalue weighted by Gasteiger charge is -1.91. The Bertz CT molecular complexity index is 62.7. The summed E-state index contributed by atoms with van der Waals surface area (Å²) in [4.78, 5) is 9.79. The van der Waals surface area contributed by atoms with Gasteiger partial charge in [-0.15, -0.1) is 0 Å². The number of halogens is 1. The maximum Gasteiger partial charge on any atom is 0.302 e. The molecule has 0 amide bonds. The third-order valence-electron chi connectivity index (χ3n) is 0.350. The third kappa shape index (κ3) is 5.40. The van der Waals surface area contributed by atoms with Crippen LogP contribution in [0.1, 0.15) is 6.92 Å². The molecule has 0 N–H and O–H groups in total. The third-order valence-corrected chi connectivity index (χ3v) is 0.350. The first-order chi connectivity index (χ1) is 3.27. The summed E-state index contributed by atoms with van der Waals surface area (Å²) in [6, 6.07) is 0. The average Bonchev–Trinajstić information content (AvgIpc) is 1.61. The quantitative estimate of drug-likeness (QED) is 0.483. The van der Waals surface area contributed by atoms with E-state index < -0.39 is 5.97 Å². The van der Waals surface area contributed by atoms with Gasteiger partial charge < -0.3 is 4.74 Å². The molecule has 0 bridgehead atoms. The van der Waals surface area contributed by atoms with Crippen molar-refractivity contribution >= 4 is 5.97 Å². The van der Waals surface area contributed by atoms with Crippen molar-refractivity contribution in [1.82, 2.24) is 0 Å². The van der Waals surface area contributed by atoms with Crippen molar-refractivity contribution < 1.29 is 13.9 Å². The lowest BCUT2D eigenvalue weighted by atomic mass is 10.7. The zero-order valence-electron chi connectivity index (χ0n) is 3.98. The number of hydrogen-bond acceptors (Lipinski definition) is 2. The van der Waals surface area contributed by atoms with E-state index in [2.05, 4.69) is 4.74 Å². The fourth-order valence-electron chi connectivity index (χ4n) is 0.149. The number of rotatable bonds is 2. The predicted octanol–water partition coefficient (Wildman–Crippen LogP) is 0.681. The first-order valence-corrected chi connectivity index (χ1v) is 1.82. The summed E-state index contributed by atoms with van der Waals surface area (Å²) in [6.45, 7) is 1.26. The second-order valence-electron chi connectivity index (χ2n) is 0.957. The molecule has 0 aromatic rings. The van der Waals surface area contributed by atoms with E-state index in [1.165, 1.54) is 6.92 Å². The highest BCUT2D eigenvalue weighted by Gasteiger charge is 1.88. The van der Waals surface area contributed by atoms with Gasteiger partial charge in [-0.2, -0.15) is 0 Å². The van der Waals surface area contributed by atoms with Crippen LogP contribution < -0.4 is 0 Å². The van der Waals surface area contributed by atoms with E-state index in [-0.39, 0.29) is 13.3 Å². The van der Waals surface area contributed by atoms with E-state index in [4.69, 9.17) is 0 Å². The molecule has 0 heterocycles. The molecule has 0 unspecified atom stereocenters. The largest absolute Gasteiger partial charge is 0.463 e. The van der Waals surface area contributed by atoms with Gasteiger partial charge in [0.05, 0.1) is 0 Å². The van der Waals surface area contributed by atoms with Crippen molar-refractivity contribution in [2.45, 2.75) is 6.92 Å². The first kappa shape index (κ1) is 6.40. The van der Waals surface area contributed by atoms with Crippen molar-refractivity contribution in [2.75, 3.05) is 6.61 Å². The Labute approximate surface area is 41.3 Å². The number of carbonyl (C=O) groups is 1. The van der Waals surface area contributed by atoms with Crippen LogP contribution >= 0.6 is 0 Å². The van der Waals surface area contributed by atoms with Gasteiger partial charge in [-0.25, -0.2) is 4.39 Å². The second-order valence-corrected chi connectivity index (χ2v) is 0.957.